The molecule has 0 aromatic heterocycles. The van der Waals surface area contributed by atoms with Crippen LogP contribution in [0.5, 0.6) is 0 Å². The first kappa shape index (κ1) is 22.9. The summed E-state index contributed by atoms with van der Waals surface area (Å²) in [4.78, 5) is 59.3. The van der Waals surface area contributed by atoms with Crippen LogP contribution in [0, 0.1) is 13.8 Å². The Morgan fingerprint density at radius 3 is 1.39 bits per heavy atom. The summed E-state index contributed by atoms with van der Waals surface area (Å²) in [6, 6.07) is 15.9. The maximum atomic E-state index is 11.3. The standard InChI is InChI=1S/C25H16N4O4/c1-16-21(26-12-30)10-8-19(24(16)28-14-32)23(18-6-4-3-5-7-18)20-9-11-22(27-13-31)17(2)25(20)29-15-33/h3-11,23H,1-2H3. The molecule has 0 aliphatic heterocycles. The molecule has 33 heavy (non-hydrogen) atoms. The van der Waals surface area contributed by atoms with E-state index in [2.05, 4.69) is 20.0 Å². The summed E-state index contributed by atoms with van der Waals surface area (Å²) < 4.78 is 0. The van der Waals surface area contributed by atoms with E-state index >= 15 is 0 Å². The SMILES string of the molecule is Cc1c(N=C=O)ccc(C(c2ccccc2)c2ccc(N=C=O)c(C)c2N=C=O)c1N=C=O. The van der Waals surface area contributed by atoms with E-state index < -0.39 is 5.92 Å². The van der Waals surface area contributed by atoms with Crippen molar-refractivity contribution < 1.29 is 19.2 Å². The predicted molar refractivity (Wildman–Crippen MR) is 121 cm³/mol. The monoisotopic (exact) mass is 436 g/mol. The summed E-state index contributed by atoms with van der Waals surface area (Å²) in [5.41, 5.74) is 4.17. The number of aliphatic imine (C=N–C) groups is 4. The van der Waals surface area contributed by atoms with Gasteiger partial charge in [0, 0.05) is 17.0 Å². The van der Waals surface area contributed by atoms with Crippen molar-refractivity contribution in [3.8, 4) is 0 Å². The van der Waals surface area contributed by atoms with Crippen LogP contribution in [0.3, 0.4) is 0 Å². The normalized spacial score (nSPS) is 10.6. The minimum Gasteiger partial charge on any atom is -0.211 e. The van der Waals surface area contributed by atoms with E-state index in [1.165, 1.54) is 12.2 Å². The number of rotatable bonds is 7. The van der Waals surface area contributed by atoms with Gasteiger partial charge in [-0.1, -0.05) is 42.5 Å². The van der Waals surface area contributed by atoms with Gasteiger partial charge in [0.25, 0.3) is 0 Å². The molecule has 0 bridgehead atoms. The van der Waals surface area contributed by atoms with Crippen molar-refractivity contribution in [3.05, 3.63) is 82.4 Å². The smallest absolute Gasteiger partial charge is 0.211 e. The van der Waals surface area contributed by atoms with Crippen LogP contribution in [-0.2, 0) is 19.2 Å². The molecule has 0 amide bonds. The van der Waals surface area contributed by atoms with E-state index in [1.54, 1.807) is 50.3 Å². The van der Waals surface area contributed by atoms with Crippen LogP contribution < -0.4 is 0 Å². The fourth-order valence-electron chi connectivity index (χ4n) is 3.79. The molecule has 3 aromatic carbocycles. The number of carbonyl (C=O) groups excluding carboxylic acids is 4. The van der Waals surface area contributed by atoms with E-state index in [0.29, 0.717) is 33.6 Å². The molecule has 0 radical (unpaired) electrons. The van der Waals surface area contributed by atoms with Gasteiger partial charge in [-0.15, -0.1) is 0 Å². The third kappa shape index (κ3) is 4.60. The summed E-state index contributed by atoms with van der Waals surface area (Å²) in [6.07, 6.45) is 6.11. The molecule has 160 valence electrons. The molecular weight excluding hydrogens is 420 g/mol. The van der Waals surface area contributed by atoms with Gasteiger partial charge in [0.05, 0.1) is 22.7 Å². The Morgan fingerprint density at radius 1 is 0.576 bits per heavy atom. The highest BCUT2D eigenvalue weighted by Crippen LogP contribution is 2.46. The fourth-order valence-corrected chi connectivity index (χ4v) is 3.79. The van der Waals surface area contributed by atoms with E-state index in [4.69, 9.17) is 0 Å². The maximum absolute atomic E-state index is 11.3. The third-order valence-corrected chi connectivity index (χ3v) is 5.27. The summed E-state index contributed by atoms with van der Waals surface area (Å²) in [5.74, 6) is -0.536. The largest absolute Gasteiger partial charge is 0.240 e. The maximum Gasteiger partial charge on any atom is 0.240 e. The molecule has 3 rings (SSSR count). The Hall–Kier alpha value is -4.82. The van der Waals surface area contributed by atoms with Gasteiger partial charge >= 0.3 is 0 Å². The Kier molecular flexibility index (Phi) is 7.25. The molecule has 0 aliphatic rings. The minimum absolute atomic E-state index is 0.282. The second-order valence-corrected chi connectivity index (χ2v) is 6.95. The quantitative estimate of drug-likeness (QED) is 0.282. The molecular formula is C25H16N4O4. The Balaban J connectivity index is 2.45. The second kappa shape index (κ2) is 10.5. The third-order valence-electron chi connectivity index (χ3n) is 5.27. The van der Waals surface area contributed by atoms with Gasteiger partial charge in [0.2, 0.25) is 24.3 Å². The van der Waals surface area contributed by atoms with Gasteiger partial charge in [0.1, 0.15) is 0 Å². The molecule has 0 saturated heterocycles. The molecule has 0 aliphatic carbocycles. The Bertz CT molecular complexity index is 1320. The topological polar surface area (TPSA) is 118 Å². The van der Waals surface area contributed by atoms with Gasteiger partial charge < -0.3 is 0 Å². The number of benzene rings is 3. The predicted octanol–water partition coefficient (Wildman–Crippen LogP) is 5.35. The van der Waals surface area contributed by atoms with Crippen molar-refractivity contribution in [3.63, 3.8) is 0 Å². The summed E-state index contributed by atoms with van der Waals surface area (Å²) in [7, 11) is 0. The molecule has 8 nitrogen and oxygen atoms in total. The highest BCUT2D eigenvalue weighted by molar-refractivity contribution is 5.75. The molecule has 0 N–H and O–H groups in total. The summed E-state index contributed by atoms with van der Waals surface area (Å²) >= 11 is 0. The first-order chi connectivity index (χ1) is 16.1. The average Bonchev–Trinajstić information content (AvgIpc) is 2.82. The Morgan fingerprint density at radius 2 is 1.00 bits per heavy atom. The van der Waals surface area contributed by atoms with Crippen molar-refractivity contribution in [1.82, 2.24) is 0 Å². The lowest BCUT2D eigenvalue weighted by atomic mass is 9.81. The van der Waals surface area contributed by atoms with Crippen LogP contribution in [0.2, 0.25) is 0 Å². The van der Waals surface area contributed by atoms with Crippen molar-refractivity contribution in [2.75, 3.05) is 0 Å². The molecule has 0 saturated carbocycles. The van der Waals surface area contributed by atoms with Gasteiger partial charge in [-0.3, -0.25) is 0 Å². The van der Waals surface area contributed by atoms with Crippen molar-refractivity contribution in [1.29, 1.82) is 0 Å². The lowest BCUT2D eigenvalue weighted by molar-refractivity contribution is 0.564. The number of hydrogen-bond acceptors (Lipinski definition) is 8. The molecule has 0 heterocycles. The molecule has 0 atom stereocenters. The van der Waals surface area contributed by atoms with Crippen LogP contribution >= 0.6 is 0 Å². The van der Waals surface area contributed by atoms with Gasteiger partial charge in [0.15, 0.2) is 0 Å². The highest BCUT2D eigenvalue weighted by Gasteiger charge is 2.26. The van der Waals surface area contributed by atoms with Gasteiger partial charge in [-0.05, 0) is 42.7 Å². The molecule has 3 aromatic rings. The summed E-state index contributed by atoms with van der Waals surface area (Å²) in [6.45, 7) is 3.35. The zero-order valence-corrected chi connectivity index (χ0v) is 17.7. The van der Waals surface area contributed by atoms with Crippen molar-refractivity contribution in [2.24, 2.45) is 20.0 Å². The van der Waals surface area contributed by atoms with Crippen molar-refractivity contribution in [2.45, 2.75) is 19.8 Å². The molecule has 0 spiro atoms. The van der Waals surface area contributed by atoms with Crippen LogP contribution in [0.4, 0.5) is 22.7 Å². The molecule has 8 heteroatoms. The first-order valence-corrected chi connectivity index (χ1v) is 9.70. The van der Waals surface area contributed by atoms with Crippen LogP contribution in [-0.4, -0.2) is 24.3 Å². The first-order valence-electron chi connectivity index (χ1n) is 9.70. The number of nitrogens with zero attached hydrogens (tertiary/aromatic N) is 4. The zero-order valence-electron chi connectivity index (χ0n) is 17.7. The molecule has 0 fully saturated rings. The minimum atomic E-state index is -0.536. The van der Waals surface area contributed by atoms with Crippen LogP contribution in [0.1, 0.15) is 33.7 Å². The average molecular weight is 436 g/mol. The summed E-state index contributed by atoms with van der Waals surface area (Å²) in [5, 5.41) is 0. The highest BCUT2D eigenvalue weighted by atomic mass is 16.1. The van der Waals surface area contributed by atoms with Gasteiger partial charge in [-0.2, -0.15) is 20.0 Å². The lowest BCUT2D eigenvalue weighted by Gasteiger charge is -2.23. The van der Waals surface area contributed by atoms with Crippen LogP contribution in [0.15, 0.2) is 74.6 Å². The van der Waals surface area contributed by atoms with E-state index in [-0.39, 0.29) is 11.4 Å². The van der Waals surface area contributed by atoms with E-state index in [0.717, 1.165) is 5.56 Å². The second-order valence-electron chi connectivity index (χ2n) is 6.95. The zero-order chi connectivity index (χ0) is 23.8. The number of isocyanates is 4. The van der Waals surface area contributed by atoms with E-state index in [9.17, 15) is 19.2 Å². The van der Waals surface area contributed by atoms with E-state index in [1.807, 2.05) is 30.3 Å². The van der Waals surface area contributed by atoms with Gasteiger partial charge in [-0.25, -0.2) is 19.2 Å². The fraction of sp³-hybridized carbons (Fsp3) is 0.120. The van der Waals surface area contributed by atoms with Crippen LogP contribution in [0.25, 0.3) is 0 Å². The Labute approximate surface area is 188 Å². The lowest BCUT2D eigenvalue weighted by Crippen LogP contribution is -2.06. The molecule has 0 unspecified atom stereocenters. The number of hydrogen-bond donors (Lipinski definition) is 0. The van der Waals surface area contributed by atoms with Crippen molar-refractivity contribution >= 4 is 47.1 Å².